The lowest BCUT2D eigenvalue weighted by Gasteiger charge is -2.06. The monoisotopic (exact) mass is 212 g/mol. The average molecular weight is 212 g/mol. The van der Waals surface area contributed by atoms with Crippen molar-refractivity contribution in [3.63, 3.8) is 0 Å². The van der Waals surface area contributed by atoms with Crippen molar-refractivity contribution < 1.29 is 0 Å². The SMILES string of the molecule is Cc1cc(C)cc(-c2cc(C)nc(C)n2)c1. The second kappa shape index (κ2) is 4.05. The molecule has 2 rings (SSSR count). The Morgan fingerprint density at radius 1 is 0.750 bits per heavy atom. The zero-order chi connectivity index (χ0) is 11.7. The van der Waals surface area contributed by atoms with Gasteiger partial charge < -0.3 is 0 Å². The van der Waals surface area contributed by atoms with E-state index in [4.69, 9.17) is 0 Å². The summed E-state index contributed by atoms with van der Waals surface area (Å²) in [6.45, 7) is 8.15. The quantitative estimate of drug-likeness (QED) is 0.724. The van der Waals surface area contributed by atoms with Gasteiger partial charge in [0.15, 0.2) is 0 Å². The van der Waals surface area contributed by atoms with Crippen LogP contribution in [0.1, 0.15) is 22.6 Å². The molecule has 2 nitrogen and oxygen atoms in total. The lowest BCUT2D eigenvalue weighted by molar-refractivity contribution is 1.02. The summed E-state index contributed by atoms with van der Waals surface area (Å²) in [6.07, 6.45) is 0. The van der Waals surface area contributed by atoms with Gasteiger partial charge in [-0.1, -0.05) is 17.2 Å². The van der Waals surface area contributed by atoms with Crippen LogP contribution in [0.4, 0.5) is 0 Å². The van der Waals surface area contributed by atoms with Crippen molar-refractivity contribution in [3.8, 4) is 11.3 Å². The van der Waals surface area contributed by atoms with E-state index in [-0.39, 0.29) is 0 Å². The lowest BCUT2D eigenvalue weighted by Crippen LogP contribution is -1.94. The van der Waals surface area contributed by atoms with Crippen molar-refractivity contribution in [2.45, 2.75) is 27.7 Å². The molecule has 0 saturated heterocycles. The minimum Gasteiger partial charge on any atom is -0.239 e. The molecule has 1 heterocycles. The molecular weight excluding hydrogens is 196 g/mol. The van der Waals surface area contributed by atoms with E-state index in [1.54, 1.807) is 0 Å². The number of nitrogens with zero attached hydrogens (tertiary/aromatic N) is 2. The predicted octanol–water partition coefficient (Wildman–Crippen LogP) is 3.38. The van der Waals surface area contributed by atoms with Crippen LogP contribution in [-0.2, 0) is 0 Å². The number of aromatic nitrogens is 2. The van der Waals surface area contributed by atoms with Crippen molar-refractivity contribution in [2.75, 3.05) is 0 Å². The molecule has 0 unspecified atom stereocenters. The first-order valence-electron chi connectivity index (χ1n) is 5.45. The molecule has 1 aromatic carbocycles. The zero-order valence-corrected chi connectivity index (χ0v) is 10.2. The first-order chi connectivity index (χ1) is 7.54. The van der Waals surface area contributed by atoms with Crippen LogP contribution in [0.25, 0.3) is 11.3 Å². The largest absolute Gasteiger partial charge is 0.239 e. The van der Waals surface area contributed by atoms with Crippen LogP contribution in [0.15, 0.2) is 24.3 Å². The highest BCUT2D eigenvalue weighted by Crippen LogP contribution is 2.20. The van der Waals surface area contributed by atoms with Crippen LogP contribution in [-0.4, -0.2) is 9.97 Å². The van der Waals surface area contributed by atoms with E-state index in [0.29, 0.717) is 0 Å². The zero-order valence-electron chi connectivity index (χ0n) is 10.2. The van der Waals surface area contributed by atoms with E-state index in [1.165, 1.54) is 16.7 Å². The van der Waals surface area contributed by atoms with E-state index in [2.05, 4.69) is 42.0 Å². The number of hydrogen-bond donors (Lipinski definition) is 0. The van der Waals surface area contributed by atoms with Gasteiger partial charge in [-0.3, -0.25) is 0 Å². The smallest absolute Gasteiger partial charge is 0.126 e. The fourth-order valence-corrected chi connectivity index (χ4v) is 1.99. The Labute approximate surface area is 96.4 Å². The van der Waals surface area contributed by atoms with Crippen LogP contribution in [0.3, 0.4) is 0 Å². The second-order valence-corrected chi connectivity index (χ2v) is 4.32. The Bertz CT molecular complexity index is 440. The maximum Gasteiger partial charge on any atom is 0.126 e. The summed E-state index contributed by atoms with van der Waals surface area (Å²) >= 11 is 0. The minimum absolute atomic E-state index is 0.828. The molecule has 2 heteroatoms. The van der Waals surface area contributed by atoms with Gasteiger partial charge >= 0.3 is 0 Å². The van der Waals surface area contributed by atoms with Crippen LogP contribution in [0, 0.1) is 27.7 Å². The van der Waals surface area contributed by atoms with Crippen LogP contribution in [0.2, 0.25) is 0 Å². The summed E-state index contributed by atoms with van der Waals surface area (Å²) in [5.41, 5.74) is 5.73. The van der Waals surface area contributed by atoms with Gasteiger partial charge in [0, 0.05) is 11.3 Å². The molecule has 0 fully saturated rings. The van der Waals surface area contributed by atoms with Gasteiger partial charge in [-0.25, -0.2) is 9.97 Å². The number of hydrogen-bond acceptors (Lipinski definition) is 2. The molecule has 0 aliphatic carbocycles. The number of rotatable bonds is 1. The molecular formula is C14H16N2. The van der Waals surface area contributed by atoms with Gasteiger partial charge in [0.2, 0.25) is 0 Å². The highest BCUT2D eigenvalue weighted by molar-refractivity contribution is 5.61. The molecule has 82 valence electrons. The fourth-order valence-electron chi connectivity index (χ4n) is 1.99. The second-order valence-electron chi connectivity index (χ2n) is 4.32. The van der Waals surface area contributed by atoms with Crippen molar-refractivity contribution in [2.24, 2.45) is 0 Å². The normalized spacial score (nSPS) is 10.5. The van der Waals surface area contributed by atoms with E-state index in [0.717, 1.165) is 17.2 Å². The highest BCUT2D eigenvalue weighted by atomic mass is 14.9. The summed E-state index contributed by atoms with van der Waals surface area (Å²) in [5, 5.41) is 0. The summed E-state index contributed by atoms with van der Waals surface area (Å²) < 4.78 is 0. The number of aryl methyl sites for hydroxylation is 4. The lowest BCUT2D eigenvalue weighted by atomic mass is 10.0. The third-order valence-electron chi connectivity index (χ3n) is 2.48. The Morgan fingerprint density at radius 2 is 1.38 bits per heavy atom. The van der Waals surface area contributed by atoms with E-state index in [1.807, 2.05) is 19.9 Å². The Hall–Kier alpha value is -1.70. The maximum atomic E-state index is 4.48. The standard InChI is InChI=1S/C14H16N2/c1-9-5-10(2)7-13(6-9)14-8-11(3)15-12(4)16-14/h5-8H,1-4H3. The van der Waals surface area contributed by atoms with Gasteiger partial charge in [-0.05, 0) is 45.9 Å². The average Bonchev–Trinajstić information content (AvgIpc) is 2.14. The number of benzene rings is 1. The van der Waals surface area contributed by atoms with Crippen molar-refractivity contribution in [3.05, 3.63) is 46.9 Å². The third-order valence-corrected chi connectivity index (χ3v) is 2.48. The van der Waals surface area contributed by atoms with Crippen molar-refractivity contribution in [1.82, 2.24) is 9.97 Å². The highest BCUT2D eigenvalue weighted by Gasteiger charge is 2.03. The van der Waals surface area contributed by atoms with E-state index < -0.39 is 0 Å². The molecule has 0 aliphatic heterocycles. The molecule has 0 bridgehead atoms. The van der Waals surface area contributed by atoms with Gasteiger partial charge in [0.25, 0.3) is 0 Å². The summed E-state index contributed by atoms with van der Waals surface area (Å²) in [7, 11) is 0. The molecule has 0 atom stereocenters. The Kier molecular flexibility index (Phi) is 2.73. The Balaban J connectivity index is 2.57. The molecule has 0 N–H and O–H groups in total. The third kappa shape index (κ3) is 2.27. The minimum atomic E-state index is 0.828. The van der Waals surface area contributed by atoms with Gasteiger partial charge in [-0.15, -0.1) is 0 Å². The topological polar surface area (TPSA) is 25.8 Å². The van der Waals surface area contributed by atoms with Crippen molar-refractivity contribution in [1.29, 1.82) is 0 Å². The van der Waals surface area contributed by atoms with E-state index in [9.17, 15) is 0 Å². The summed E-state index contributed by atoms with van der Waals surface area (Å²) in [5.74, 6) is 0.828. The summed E-state index contributed by atoms with van der Waals surface area (Å²) in [6, 6.07) is 8.52. The Morgan fingerprint density at radius 3 is 1.94 bits per heavy atom. The molecule has 2 aromatic rings. The van der Waals surface area contributed by atoms with Gasteiger partial charge in [0.1, 0.15) is 5.82 Å². The molecule has 16 heavy (non-hydrogen) atoms. The van der Waals surface area contributed by atoms with Crippen LogP contribution < -0.4 is 0 Å². The van der Waals surface area contributed by atoms with Gasteiger partial charge in [-0.2, -0.15) is 0 Å². The van der Waals surface area contributed by atoms with E-state index >= 15 is 0 Å². The van der Waals surface area contributed by atoms with Gasteiger partial charge in [0.05, 0.1) is 5.69 Å². The molecule has 0 spiro atoms. The molecule has 1 aromatic heterocycles. The van der Waals surface area contributed by atoms with Crippen LogP contribution in [0.5, 0.6) is 0 Å². The first-order valence-corrected chi connectivity index (χ1v) is 5.45. The predicted molar refractivity (Wildman–Crippen MR) is 66.4 cm³/mol. The molecule has 0 aliphatic rings. The molecule has 0 radical (unpaired) electrons. The fraction of sp³-hybridized carbons (Fsp3) is 0.286. The van der Waals surface area contributed by atoms with Crippen molar-refractivity contribution >= 4 is 0 Å². The molecule has 0 amide bonds. The van der Waals surface area contributed by atoms with Crippen LogP contribution >= 0.6 is 0 Å². The molecule has 0 saturated carbocycles. The maximum absolute atomic E-state index is 4.48. The first kappa shape index (κ1) is 10.8. The summed E-state index contributed by atoms with van der Waals surface area (Å²) in [4.78, 5) is 8.77.